The molecule has 1 aliphatic rings. The minimum atomic E-state index is 0.156. The molecule has 0 fully saturated rings. The van der Waals surface area contributed by atoms with Crippen LogP contribution in [0.25, 0.3) is 10.9 Å². The van der Waals surface area contributed by atoms with E-state index in [2.05, 4.69) is 9.97 Å². The summed E-state index contributed by atoms with van der Waals surface area (Å²) in [5, 5.41) is 0.774. The lowest BCUT2D eigenvalue weighted by molar-refractivity contribution is 0.174. The molecule has 2 aromatic carbocycles. The van der Waals surface area contributed by atoms with Crippen LogP contribution in [0.15, 0.2) is 24.3 Å². The lowest BCUT2D eigenvalue weighted by Gasteiger charge is -2.16. The Morgan fingerprint density at radius 1 is 0.963 bits per heavy atom. The number of nitrogens with two attached hydrogens (primary N) is 1. The molecule has 27 heavy (non-hydrogen) atoms. The zero-order valence-corrected chi connectivity index (χ0v) is 15.2. The minimum Gasteiger partial charge on any atom is -0.493 e. The molecule has 8 heteroatoms. The van der Waals surface area contributed by atoms with E-state index in [1.165, 1.54) is 0 Å². The molecule has 140 valence electrons. The monoisotopic (exact) mass is 369 g/mol. The molecule has 2 N–H and O–H groups in total. The maximum Gasteiger partial charge on any atom is 0.231 e. The summed E-state index contributed by atoms with van der Waals surface area (Å²) in [7, 11) is 4.66. The van der Waals surface area contributed by atoms with E-state index in [1.54, 1.807) is 21.3 Å². The molecule has 8 nitrogen and oxygen atoms in total. The maximum absolute atomic E-state index is 5.96. The molecule has 0 spiro atoms. The Labute approximate surface area is 155 Å². The summed E-state index contributed by atoms with van der Waals surface area (Å²) in [5.41, 5.74) is 8.28. The largest absolute Gasteiger partial charge is 0.493 e. The number of ether oxygens (including phenoxy) is 5. The Balaban J connectivity index is 1.87. The van der Waals surface area contributed by atoms with Crippen molar-refractivity contribution in [2.75, 3.05) is 33.9 Å². The van der Waals surface area contributed by atoms with Gasteiger partial charge in [0.15, 0.2) is 23.0 Å². The topological polar surface area (TPSA) is 98.0 Å². The molecule has 4 rings (SSSR count). The van der Waals surface area contributed by atoms with Gasteiger partial charge in [-0.05, 0) is 23.8 Å². The summed E-state index contributed by atoms with van der Waals surface area (Å²) >= 11 is 0. The van der Waals surface area contributed by atoms with E-state index in [0.29, 0.717) is 29.2 Å². The number of nitrogens with zero attached hydrogens (tertiary/aromatic N) is 2. The number of hydrogen-bond donors (Lipinski definition) is 1. The summed E-state index contributed by atoms with van der Waals surface area (Å²) < 4.78 is 27.2. The highest BCUT2D eigenvalue weighted by Crippen LogP contribution is 2.43. The smallest absolute Gasteiger partial charge is 0.231 e. The highest BCUT2D eigenvalue weighted by Gasteiger charge is 2.21. The summed E-state index contributed by atoms with van der Waals surface area (Å²) in [6, 6.07) is 7.62. The van der Waals surface area contributed by atoms with E-state index in [9.17, 15) is 0 Å². The normalized spacial score (nSPS) is 12.3. The van der Waals surface area contributed by atoms with Crippen molar-refractivity contribution in [1.29, 1.82) is 0 Å². The van der Waals surface area contributed by atoms with Crippen LogP contribution < -0.4 is 29.4 Å². The number of hydrogen-bond acceptors (Lipinski definition) is 8. The predicted octanol–water partition coefficient (Wildman–Crippen LogP) is 2.56. The number of anilines is 1. The number of aromatic nitrogens is 2. The average molecular weight is 369 g/mol. The lowest BCUT2D eigenvalue weighted by Crippen LogP contribution is -2.04. The van der Waals surface area contributed by atoms with Gasteiger partial charge in [-0.2, -0.15) is 0 Å². The van der Waals surface area contributed by atoms with Gasteiger partial charge in [0.05, 0.1) is 27.0 Å². The Morgan fingerprint density at radius 2 is 1.74 bits per heavy atom. The first-order valence-electron chi connectivity index (χ1n) is 8.28. The van der Waals surface area contributed by atoms with Crippen LogP contribution in [0.4, 0.5) is 5.95 Å². The highest BCUT2D eigenvalue weighted by atomic mass is 16.7. The number of fused-ring (bicyclic) bond motifs is 2. The summed E-state index contributed by atoms with van der Waals surface area (Å²) in [4.78, 5) is 8.79. The van der Waals surface area contributed by atoms with Crippen LogP contribution in [0.2, 0.25) is 0 Å². The predicted molar refractivity (Wildman–Crippen MR) is 99.0 cm³/mol. The number of nitrogen functional groups attached to an aromatic ring is 1. The number of methoxy groups -OCH3 is 3. The van der Waals surface area contributed by atoms with E-state index in [1.807, 2.05) is 24.3 Å². The first-order valence-corrected chi connectivity index (χ1v) is 8.28. The Bertz CT molecular complexity index is 1020. The summed E-state index contributed by atoms with van der Waals surface area (Å²) in [5.74, 6) is 3.05. The maximum atomic E-state index is 5.96. The van der Waals surface area contributed by atoms with Gasteiger partial charge in [-0.25, -0.2) is 9.97 Å². The Kier molecular flexibility index (Phi) is 4.23. The fourth-order valence-corrected chi connectivity index (χ4v) is 3.19. The molecule has 0 amide bonds. The Hall–Kier alpha value is -3.42. The third-order valence-electron chi connectivity index (χ3n) is 4.40. The molecule has 0 unspecified atom stereocenters. The Morgan fingerprint density at radius 3 is 2.48 bits per heavy atom. The van der Waals surface area contributed by atoms with Crippen LogP contribution in [0, 0.1) is 0 Å². The zero-order chi connectivity index (χ0) is 19.0. The van der Waals surface area contributed by atoms with Crippen LogP contribution in [-0.2, 0) is 6.42 Å². The van der Waals surface area contributed by atoms with Crippen LogP contribution in [-0.4, -0.2) is 38.1 Å². The molecule has 2 heterocycles. The van der Waals surface area contributed by atoms with Crippen molar-refractivity contribution in [2.24, 2.45) is 0 Å². The lowest BCUT2D eigenvalue weighted by atomic mass is 10.0. The summed E-state index contributed by atoms with van der Waals surface area (Å²) in [6.07, 6.45) is 0.526. The molecule has 0 atom stereocenters. The number of benzene rings is 2. The fraction of sp³-hybridized carbons (Fsp3) is 0.263. The van der Waals surface area contributed by atoms with Crippen LogP contribution in [0.5, 0.6) is 28.7 Å². The minimum absolute atomic E-state index is 0.156. The number of rotatable bonds is 5. The van der Waals surface area contributed by atoms with E-state index >= 15 is 0 Å². The summed E-state index contributed by atoms with van der Waals surface area (Å²) in [6.45, 7) is 0.233. The second kappa shape index (κ2) is 6.71. The van der Waals surface area contributed by atoms with Gasteiger partial charge in [-0.15, -0.1) is 0 Å². The van der Waals surface area contributed by atoms with Gasteiger partial charge in [0.2, 0.25) is 18.5 Å². The molecule has 0 saturated carbocycles. The van der Waals surface area contributed by atoms with Gasteiger partial charge in [0, 0.05) is 11.8 Å². The van der Waals surface area contributed by atoms with Gasteiger partial charge < -0.3 is 29.4 Å². The fourth-order valence-electron chi connectivity index (χ4n) is 3.19. The zero-order valence-electron chi connectivity index (χ0n) is 15.2. The molecule has 0 bridgehead atoms. The molecule has 3 aromatic rings. The molecule has 1 aromatic heterocycles. The van der Waals surface area contributed by atoms with Crippen molar-refractivity contribution in [2.45, 2.75) is 6.42 Å². The molecular formula is C19H19N3O5. The van der Waals surface area contributed by atoms with Crippen LogP contribution >= 0.6 is 0 Å². The van der Waals surface area contributed by atoms with Crippen LogP contribution in [0.3, 0.4) is 0 Å². The average Bonchev–Trinajstić information content (AvgIpc) is 3.14. The second-order valence-electron chi connectivity index (χ2n) is 5.93. The molecule has 0 saturated heterocycles. The van der Waals surface area contributed by atoms with Crippen molar-refractivity contribution in [3.63, 3.8) is 0 Å². The second-order valence-corrected chi connectivity index (χ2v) is 5.93. The van der Waals surface area contributed by atoms with Crippen molar-refractivity contribution in [3.05, 3.63) is 35.5 Å². The highest BCUT2D eigenvalue weighted by molar-refractivity contribution is 5.92. The van der Waals surface area contributed by atoms with Crippen molar-refractivity contribution < 1.29 is 23.7 Å². The van der Waals surface area contributed by atoms with Crippen molar-refractivity contribution in [1.82, 2.24) is 9.97 Å². The first-order chi connectivity index (χ1) is 13.1. The third-order valence-corrected chi connectivity index (χ3v) is 4.40. The van der Waals surface area contributed by atoms with E-state index < -0.39 is 0 Å². The van der Waals surface area contributed by atoms with Crippen molar-refractivity contribution >= 4 is 16.9 Å². The van der Waals surface area contributed by atoms with E-state index in [-0.39, 0.29) is 12.7 Å². The van der Waals surface area contributed by atoms with Crippen molar-refractivity contribution in [3.8, 4) is 28.7 Å². The molecule has 0 aliphatic carbocycles. The van der Waals surface area contributed by atoms with Gasteiger partial charge in [0.1, 0.15) is 5.52 Å². The standard InChI is InChI=1S/C19H19N3O5/c1-23-15-8-11-12(6-10-4-5-13-14(7-10)27-9-26-13)21-19(20)22-16(11)18(25-3)17(15)24-2/h4-5,7-8H,6,9H2,1-3H3,(H2,20,21,22). The molecular weight excluding hydrogens is 350 g/mol. The van der Waals surface area contributed by atoms with E-state index in [0.717, 1.165) is 28.1 Å². The van der Waals surface area contributed by atoms with Crippen LogP contribution in [0.1, 0.15) is 11.3 Å². The van der Waals surface area contributed by atoms with Gasteiger partial charge in [0.25, 0.3) is 0 Å². The van der Waals surface area contributed by atoms with Gasteiger partial charge >= 0.3 is 0 Å². The SMILES string of the molecule is COc1cc2c(Cc3ccc4c(c3)OCO4)nc(N)nc2c(OC)c1OC. The first kappa shape index (κ1) is 17.0. The van der Waals surface area contributed by atoms with Gasteiger partial charge in [-0.3, -0.25) is 0 Å². The quantitative estimate of drug-likeness (QED) is 0.733. The third kappa shape index (κ3) is 2.88. The van der Waals surface area contributed by atoms with E-state index in [4.69, 9.17) is 29.4 Å². The molecule has 0 radical (unpaired) electrons. The molecule has 1 aliphatic heterocycles. The van der Waals surface area contributed by atoms with Gasteiger partial charge in [-0.1, -0.05) is 6.07 Å².